The van der Waals surface area contributed by atoms with Gasteiger partial charge in [-0.1, -0.05) is 15.9 Å². The molecule has 1 unspecified atom stereocenters. The number of nitrogens with zero attached hydrogens (tertiary/aromatic N) is 1. The second-order valence-corrected chi connectivity index (χ2v) is 6.35. The van der Waals surface area contributed by atoms with Crippen molar-refractivity contribution in [2.45, 2.75) is 12.5 Å². The number of esters is 1. The van der Waals surface area contributed by atoms with E-state index in [1.807, 2.05) is 24.3 Å². The van der Waals surface area contributed by atoms with Crippen LogP contribution in [-0.2, 0) is 4.74 Å². The number of benzene rings is 1. The molecule has 0 saturated heterocycles. The van der Waals surface area contributed by atoms with E-state index in [2.05, 4.69) is 26.2 Å². The van der Waals surface area contributed by atoms with E-state index in [0.29, 0.717) is 23.4 Å². The standard InChI is InChI=1S/C18H17BrN2O4/c1-24-18(23)16-10-15(12-9-11(19)4-5-13(12)20-16)21-14(6-7-22)17-3-2-8-25-17/h2-5,8-10,14,22H,6-7H2,1H3,(H,20,21). The van der Waals surface area contributed by atoms with Crippen molar-refractivity contribution in [1.29, 1.82) is 0 Å². The number of nitrogens with one attached hydrogen (secondary N) is 1. The molecule has 25 heavy (non-hydrogen) atoms. The third kappa shape index (κ3) is 3.83. The van der Waals surface area contributed by atoms with Crippen LogP contribution in [0, 0.1) is 0 Å². The average molecular weight is 405 g/mol. The number of methoxy groups -OCH3 is 1. The highest BCUT2D eigenvalue weighted by atomic mass is 79.9. The number of fused-ring (bicyclic) bond motifs is 1. The summed E-state index contributed by atoms with van der Waals surface area (Å²) < 4.78 is 11.2. The van der Waals surface area contributed by atoms with E-state index in [1.54, 1.807) is 18.4 Å². The van der Waals surface area contributed by atoms with Crippen LogP contribution in [0.3, 0.4) is 0 Å². The van der Waals surface area contributed by atoms with Crippen molar-refractivity contribution >= 4 is 38.5 Å². The summed E-state index contributed by atoms with van der Waals surface area (Å²) >= 11 is 3.46. The number of ether oxygens (including phenoxy) is 1. The zero-order chi connectivity index (χ0) is 17.8. The lowest BCUT2D eigenvalue weighted by molar-refractivity contribution is 0.0594. The van der Waals surface area contributed by atoms with E-state index in [1.165, 1.54) is 7.11 Å². The summed E-state index contributed by atoms with van der Waals surface area (Å²) in [5.74, 6) is 0.193. The van der Waals surface area contributed by atoms with Crippen LogP contribution >= 0.6 is 15.9 Å². The highest BCUT2D eigenvalue weighted by Gasteiger charge is 2.18. The third-order valence-electron chi connectivity index (χ3n) is 3.80. The topological polar surface area (TPSA) is 84.6 Å². The number of furan rings is 1. The number of carbonyl (C=O) groups excluding carboxylic acids is 1. The van der Waals surface area contributed by atoms with Crippen molar-refractivity contribution in [2.24, 2.45) is 0 Å². The van der Waals surface area contributed by atoms with Crippen LogP contribution in [0.25, 0.3) is 10.9 Å². The van der Waals surface area contributed by atoms with Gasteiger partial charge in [-0.3, -0.25) is 0 Å². The first-order valence-corrected chi connectivity index (χ1v) is 8.51. The van der Waals surface area contributed by atoms with E-state index in [0.717, 1.165) is 9.86 Å². The Labute approximate surface area is 152 Å². The zero-order valence-electron chi connectivity index (χ0n) is 13.5. The van der Waals surface area contributed by atoms with E-state index in [4.69, 9.17) is 9.15 Å². The Kier molecular flexibility index (Phi) is 5.35. The van der Waals surface area contributed by atoms with Crippen molar-refractivity contribution < 1.29 is 19.1 Å². The smallest absolute Gasteiger partial charge is 0.356 e. The molecule has 0 aliphatic rings. The Morgan fingerprint density at radius 3 is 2.92 bits per heavy atom. The molecule has 1 aromatic carbocycles. The van der Waals surface area contributed by atoms with Crippen LogP contribution in [0.15, 0.2) is 51.6 Å². The fraction of sp³-hybridized carbons (Fsp3) is 0.222. The number of rotatable bonds is 6. The Morgan fingerprint density at radius 1 is 1.40 bits per heavy atom. The lowest BCUT2D eigenvalue weighted by atomic mass is 10.1. The van der Waals surface area contributed by atoms with Crippen molar-refractivity contribution in [2.75, 3.05) is 19.0 Å². The van der Waals surface area contributed by atoms with Crippen LogP contribution in [0.4, 0.5) is 5.69 Å². The van der Waals surface area contributed by atoms with Gasteiger partial charge in [0.2, 0.25) is 0 Å². The zero-order valence-corrected chi connectivity index (χ0v) is 15.1. The highest BCUT2D eigenvalue weighted by Crippen LogP contribution is 2.31. The number of halogens is 1. The molecule has 0 saturated carbocycles. The Hall–Kier alpha value is -2.38. The predicted octanol–water partition coefficient (Wildman–Crippen LogP) is 3.91. The molecule has 2 aromatic heterocycles. The van der Waals surface area contributed by atoms with Crippen molar-refractivity contribution in [3.05, 3.63) is 58.6 Å². The number of aliphatic hydroxyl groups is 1. The number of hydrogen-bond acceptors (Lipinski definition) is 6. The van der Waals surface area contributed by atoms with Crippen LogP contribution < -0.4 is 5.32 Å². The largest absolute Gasteiger partial charge is 0.467 e. The molecule has 130 valence electrons. The van der Waals surface area contributed by atoms with Gasteiger partial charge in [-0.2, -0.15) is 0 Å². The van der Waals surface area contributed by atoms with Crippen molar-refractivity contribution in [1.82, 2.24) is 4.98 Å². The first-order chi connectivity index (χ1) is 12.1. The van der Waals surface area contributed by atoms with Crippen molar-refractivity contribution in [3.63, 3.8) is 0 Å². The van der Waals surface area contributed by atoms with Gasteiger partial charge in [-0.25, -0.2) is 9.78 Å². The van der Waals surface area contributed by atoms with Crippen LogP contribution in [0.1, 0.15) is 28.7 Å². The molecule has 3 aromatic rings. The number of pyridine rings is 1. The lowest BCUT2D eigenvalue weighted by Gasteiger charge is -2.19. The minimum atomic E-state index is -0.510. The van der Waals surface area contributed by atoms with Gasteiger partial charge in [0, 0.05) is 22.2 Å². The van der Waals surface area contributed by atoms with Crippen molar-refractivity contribution in [3.8, 4) is 0 Å². The van der Waals surface area contributed by atoms with Gasteiger partial charge in [0.25, 0.3) is 0 Å². The molecule has 7 heteroatoms. The van der Waals surface area contributed by atoms with E-state index in [-0.39, 0.29) is 18.3 Å². The second-order valence-electron chi connectivity index (χ2n) is 5.43. The number of carbonyl (C=O) groups is 1. The van der Waals surface area contributed by atoms with Crippen LogP contribution in [-0.4, -0.2) is 29.8 Å². The number of anilines is 1. The minimum absolute atomic E-state index is 0.00502. The summed E-state index contributed by atoms with van der Waals surface area (Å²) in [5.41, 5.74) is 1.58. The number of hydrogen-bond donors (Lipinski definition) is 2. The first kappa shape index (κ1) is 17.4. The Morgan fingerprint density at radius 2 is 2.24 bits per heavy atom. The summed E-state index contributed by atoms with van der Waals surface area (Å²) in [6, 6.07) is 10.6. The number of aliphatic hydroxyl groups excluding tert-OH is 1. The molecule has 1 atom stereocenters. The monoisotopic (exact) mass is 404 g/mol. The van der Waals surface area contributed by atoms with Gasteiger partial charge in [-0.05, 0) is 42.8 Å². The first-order valence-electron chi connectivity index (χ1n) is 7.72. The average Bonchev–Trinajstić information content (AvgIpc) is 3.15. The maximum absolute atomic E-state index is 11.9. The molecule has 0 fully saturated rings. The van der Waals surface area contributed by atoms with E-state index in [9.17, 15) is 9.90 Å². The van der Waals surface area contributed by atoms with Gasteiger partial charge in [0.05, 0.1) is 24.9 Å². The second kappa shape index (κ2) is 7.67. The molecule has 6 nitrogen and oxygen atoms in total. The van der Waals surface area contributed by atoms with Crippen LogP contribution in [0.5, 0.6) is 0 Å². The molecule has 0 spiro atoms. The molecule has 0 radical (unpaired) electrons. The maximum Gasteiger partial charge on any atom is 0.356 e. The molecule has 2 N–H and O–H groups in total. The summed E-state index contributed by atoms with van der Waals surface area (Å²) in [6.07, 6.45) is 2.04. The molecule has 0 aliphatic carbocycles. The number of aromatic nitrogens is 1. The maximum atomic E-state index is 11.9. The highest BCUT2D eigenvalue weighted by molar-refractivity contribution is 9.10. The van der Waals surface area contributed by atoms with Crippen LogP contribution in [0.2, 0.25) is 0 Å². The van der Waals surface area contributed by atoms with Gasteiger partial charge in [-0.15, -0.1) is 0 Å². The molecule has 0 aliphatic heterocycles. The molecule has 0 amide bonds. The molecule has 0 bridgehead atoms. The molecule has 3 rings (SSSR count). The quantitative estimate of drug-likeness (QED) is 0.605. The van der Waals surface area contributed by atoms with Gasteiger partial charge in [0.15, 0.2) is 5.69 Å². The summed E-state index contributed by atoms with van der Waals surface area (Å²) in [6.45, 7) is -0.00502. The van der Waals surface area contributed by atoms with Gasteiger partial charge >= 0.3 is 5.97 Å². The third-order valence-corrected chi connectivity index (χ3v) is 4.29. The fourth-order valence-electron chi connectivity index (χ4n) is 2.62. The molecular formula is C18H17BrN2O4. The Bertz CT molecular complexity index is 880. The lowest BCUT2D eigenvalue weighted by Crippen LogP contribution is -2.13. The van der Waals surface area contributed by atoms with Gasteiger partial charge < -0.3 is 19.6 Å². The molecular weight excluding hydrogens is 388 g/mol. The van der Waals surface area contributed by atoms with Gasteiger partial charge in [0.1, 0.15) is 5.76 Å². The predicted molar refractivity (Wildman–Crippen MR) is 97.6 cm³/mol. The normalized spacial score (nSPS) is 12.1. The minimum Gasteiger partial charge on any atom is -0.467 e. The van der Waals surface area contributed by atoms with E-state index >= 15 is 0 Å². The SMILES string of the molecule is COC(=O)c1cc(NC(CCO)c2ccco2)c2cc(Br)ccc2n1. The summed E-state index contributed by atoms with van der Waals surface area (Å²) in [4.78, 5) is 16.3. The summed E-state index contributed by atoms with van der Waals surface area (Å²) in [5, 5.41) is 13.6. The Balaban J connectivity index is 2.08. The fourth-order valence-corrected chi connectivity index (χ4v) is 2.98. The van der Waals surface area contributed by atoms with E-state index < -0.39 is 5.97 Å². The molecule has 2 heterocycles. The summed E-state index contributed by atoms with van der Waals surface area (Å²) in [7, 11) is 1.32.